The summed E-state index contributed by atoms with van der Waals surface area (Å²) in [5, 5.41) is 1.79. The predicted octanol–water partition coefficient (Wildman–Crippen LogP) is 3.00. The predicted molar refractivity (Wildman–Crippen MR) is 96.8 cm³/mol. The Labute approximate surface area is 155 Å². The number of ketones is 2. The molecule has 0 fully saturated rings. The number of fused-ring (bicyclic) bond motifs is 2. The van der Waals surface area contributed by atoms with Gasteiger partial charge in [0.15, 0.2) is 0 Å². The number of carbonyl (C=O) groups is 2. The van der Waals surface area contributed by atoms with Crippen molar-refractivity contribution in [3.05, 3.63) is 67.8 Å². The van der Waals surface area contributed by atoms with Gasteiger partial charge in [0, 0.05) is 0 Å². The zero-order valence-corrected chi connectivity index (χ0v) is 15.8. The van der Waals surface area contributed by atoms with Crippen LogP contribution in [0.4, 0.5) is 0 Å². The van der Waals surface area contributed by atoms with Gasteiger partial charge in [0.2, 0.25) is 0 Å². The maximum absolute atomic E-state index is 12.4. The molecule has 0 bridgehead atoms. The molecule has 0 radical (unpaired) electrons. The summed E-state index contributed by atoms with van der Waals surface area (Å²) in [6.07, 6.45) is 7.10. The number of hydrogen-bond acceptors (Lipinski definition) is 5. The van der Waals surface area contributed by atoms with Crippen LogP contribution >= 0.6 is 11.3 Å². The summed E-state index contributed by atoms with van der Waals surface area (Å²) >= 11 is 0.631. The summed E-state index contributed by atoms with van der Waals surface area (Å²) < 4.78 is 4.28. The van der Waals surface area contributed by atoms with E-state index in [1.807, 2.05) is 29.0 Å². The fourth-order valence-corrected chi connectivity index (χ4v) is 6.41. The van der Waals surface area contributed by atoms with Gasteiger partial charge in [0.05, 0.1) is 0 Å². The molecular formula is C18H9N3O2STe. The van der Waals surface area contributed by atoms with E-state index in [-0.39, 0.29) is 11.6 Å². The molecule has 1 aliphatic rings. The summed E-state index contributed by atoms with van der Waals surface area (Å²) in [4.78, 5) is 34.1. The molecule has 0 unspecified atom stereocenters. The third kappa shape index (κ3) is 2.28. The number of Topliss-reactive ketones (excluding diaryl/α,β-unsaturated/α-hetero) is 2. The first-order valence-corrected chi connectivity index (χ1v) is 10.7. The number of thiophene rings is 1. The van der Waals surface area contributed by atoms with Crippen molar-refractivity contribution in [1.82, 2.24) is 14.5 Å². The van der Waals surface area contributed by atoms with Crippen LogP contribution in [0.25, 0.3) is 20.9 Å². The summed E-state index contributed by atoms with van der Waals surface area (Å²) in [6.45, 7) is 0. The van der Waals surface area contributed by atoms with Gasteiger partial charge in [-0.2, -0.15) is 0 Å². The number of carbonyl (C=O) groups excluding carboxylic acids is 2. The Kier molecular flexibility index (Phi) is 3.35. The summed E-state index contributed by atoms with van der Waals surface area (Å²) in [6, 6.07) is 7.71. The Morgan fingerprint density at radius 3 is 2.80 bits per heavy atom. The fourth-order valence-electron chi connectivity index (χ4n) is 2.90. The van der Waals surface area contributed by atoms with Gasteiger partial charge < -0.3 is 0 Å². The van der Waals surface area contributed by atoms with Crippen molar-refractivity contribution in [1.29, 1.82) is 0 Å². The second-order valence-corrected chi connectivity index (χ2v) is 9.54. The van der Waals surface area contributed by atoms with Gasteiger partial charge in [-0.1, -0.05) is 0 Å². The first-order chi connectivity index (χ1) is 12.2. The number of rotatable bonds is 2. The number of aromatic nitrogens is 3. The molecule has 5 rings (SSSR count). The quantitative estimate of drug-likeness (QED) is 0.263. The Morgan fingerprint density at radius 1 is 1.04 bits per heavy atom. The average molecular weight is 459 g/mol. The molecule has 1 aliphatic carbocycles. The van der Waals surface area contributed by atoms with Crippen molar-refractivity contribution in [3.8, 4) is 3.70 Å². The van der Waals surface area contributed by atoms with Crippen molar-refractivity contribution in [2.24, 2.45) is 0 Å². The van der Waals surface area contributed by atoms with E-state index in [9.17, 15) is 9.59 Å². The molecule has 7 heteroatoms. The van der Waals surface area contributed by atoms with E-state index in [0.29, 0.717) is 16.0 Å². The van der Waals surface area contributed by atoms with Gasteiger partial charge >= 0.3 is 156 Å². The van der Waals surface area contributed by atoms with Crippen LogP contribution in [-0.2, 0) is 0 Å². The molecular weight excluding hydrogens is 450 g/mol. The first kappa shape index (κ1) is 15.0. The van der Waals surface area contributed by atoms with Gasteiger partial charge in [0.25, 0.3) is 0 Å². The van der Waals surface area contributed by atoms with Gasteiger partial charge in [-0.05, 0) is 0 Å². The molecule has 0 N–H and O–H groups in total. The SMILES string of the molecule is O=C1/C(=C\c2ccc(-n3ccc4nccnc43)[te]2)C(=O)c2sccc21. The molecule has 25 heavy (non-hydrogen) atoms. The van der Waals surface area contributed by atoms with E-state index >= 15 is 0 Å². The van der Waals surface area contributed by atoms with Crippen LogP contribution in [0.15, 0.2) is 53.8 Å². The Balaban J connectivity index is 1.55. The minimum atomic E-state index is -0.702. The topological polar surface area (TPSA) is 64.8 Å². The van der Waals surface area contributed by atoms with Gasteiger partial charge in [-0.15, -0.1) is 0 Å². The zero-order chi connectivity index (χ0) is 17.0. The minimum absolute atomic E-state index is 0.144. The van der Waals surface area contributed by atoms with E-state index in [4.69, 9.17) is 0 Å². The molecule has 5 nitrogen and oxygen atoms in total. The Bertz CT molecular complexity index is 1170. The van der Waals surface area contributed by atoms with Crippen LogP contribution in [0.5, 0.6) is 0 Å². The maximum atomic E-state index is 12.4. The molecule has 4 aromatic rings. The third-order valence-electron chi connectivity index (χ3n) is 4.06. The summed E-state index contributed by atoms with van der Waals surface area (Å²) in [7, 11) is 0. The average Bonchev–Trinajstić information content (AvgIpc) is 3.38. The molecule has 0 saturated carbocycles. The van der Waals surface area contributed by atoms with Crippen LogP contribution in [0.1, 0.15) is 23.6 Å². The van der Waals surface area contributed by atoms with Crippen molar-refractivity contribution in [3.63, 3.8) is 0 Å². The van der Waals surface area contributed by atoms with Crippen LogP contribution in [0.2, 0.25) is 0 Å². The van der Waals surface area contributed by atoms with E-state index in [1.165, 1.54) is 15.0 Å². The molecule has 0 amide bonds. The second-order valence-electron chi connectivity index (χ2n) is 5.51. The van der Waals surface area contributed by atoms with E-state index in [1.54, 1.807) is 29.9 Å². The van der Waals surface area contributed by atoms with E-state index in [0.717, 1.165) is 14.7 Å². The molecule has 120 valence electrons. The van der Waals surface area contributed by atoms with Crippen LogP contribution < -0.4 is 0 Å². The molecule has 0 aliphatic heterocycles. The van der Waals surface area contributed by atoms with Gasteiger partial charge in [0.1, 0.15) is 0 Å². The second kappa shape index (κ2) is 5.60. The molecule has 4 aromatic heterocycles. The van der Waals surface area contributed by atoms with Gasteiger partial charge in [-0.3, -0.25) is 0 Å². The van der Waals surface area contributed by atoms with Crippen molar-refractivity contribution in [2.45, 2.75) is 0 Å². The van der Waals surface area contributed by atoms with Crippen molar-refractivity contribution < 1.29 is 9.59 Å². The summed E-state index contributed by atoms with van der Waals surface area (Å²) in [5.74, 6) is -0.297. The van der Waals surface area contributed by atoms with E-state index < -0.39 is 20.4 Å². The molecule has 0 atom stereocenters. The molecule has 0 spiro atoms. The number of allylic oxidation sites excluding steroid dienone is 1. The fraction of sp³-hybridized carbons (Fsp3) is 0. The molecule has 0 aromatic carbocycles. The monoisotopic (exact) mass is 461 g/mol. The zero-order valence-electron chi connectivity index (χ0n) is 12.7. The van der Waals surface area contributed by atoms with Crippen LogP contribution in [0.3, 0.4) is 0 Å². The van der Waals surface area contributed by atoms with E-state index in [2.05, 4.69) is 9.97 Å². The van der Waals surface area contributed by atoms with Crippen LogP contribution in [0, 0.1) is 0 Å². The number of nitrogens with zero attached hydrogens (tertiary/aromatic N) is 3. The number of hydrogen-bond donors (Lipinski definition) is 0. The van der Waals surface area contributed by atoms with Gasteiger partial charge in [-0.25, -0.2) is 0 Å². The van der Waals surface area contributed by atoms with Crippen molar-refractivity contribution >= 4 is 60.6 Å². The normalized spacial score (nSPS) is 15.4. The van der Waals surface area contributed by atoms with Crippen molar-refractivity contribution in [2.75, 3.05) is 0 Å². The molecule has 0 saturated heterocycles. The Morgan fingerprint density at radius 2 is 1.92 bits per heavy atom. The van der Waals surface area contributed by atoms with Crippen LogP contribution in [-0.4, -0.2) is 46.5 Å². The third-order valence-corrected chi connectivity index (χ3v) is 7.92. The standard InChI is InChI=1S/C18H9N3O2STe/c22-15-11-4-8-24-17(11)16(23)12(15)9-10-1-2-14(25-10)21-7-3-13-18(21)20-6-5-19-13/h1-9H/b12-9+. The first-order valence-electron chi connectivity index (χ1n) is 7.49. The summed E-state index contributed by atoms with van der Waals surface area (Å²) in [5.41, 5.74) is 2.52. The molecule has 4 heterocycles. The Hall–Kier alpha value is -2.33.